The highest BCUT2D eigenvalue weighted by molar-refractivity contribution is 7.26. The quantitative estimate of drug-likeness (QED) is 0.557. The number of thiophene rings is 1. The number of carbonyl (C=O) groups is 1. The summed E-state index contributed by atoms with van der Waals surface area (Å²) in [6, 6.07) is 13.6. The summed E-state index contributed by atoms with van der Waals surface area (Å²) < 4.78 is 1.82. The fourth-order valence-corrected chi connectivity index (χ4v) is 3.96. The van der Waals surface area contributed by atoms with E-state index in [1.165, 1.54) is 11.3 Å². The molecule has 102 valence electrons. The minimum Gasteiger partial charge on any atom is -0.478 e. The van der Waals surface area contributed by atoms with Crippen LogP contribution in [0.15, 0.2) is 42.5 Å². The fraction of sp³-hybridized carbons (Fsp3) is 0.0588. The van der Waals surface area contributed by atoms with E-state index in [0.717, 1.165) is 31.4 Å². The molecule has 3 nitrogen and oxygen atoms in total. The second kappa shape index (κ2) is 4.27. The molecule has 0 aliphatic heterocycles. The van der Waals surface area contributed by atoms with Gasteiger partial charge in [0.25, 0.3) is 0 Å². The van der Waals surface area contributed by atoms with E-state index >= 15 is 0 Å². The van der Waals surface area contributed by atoms with Crippen molar-refractivity contribution in [1.82, 2.24) is 4.98 Å². The van der Waals surface area contributed by atoms with Crippen LogP contribution in [0.1, 0.15) is 15.9 Å². The van der Waals surface area contributed by atoms with Crippen molar-refractivity contribution in [2.24, 2.45) is 0 Å². The number of hydrogen-bond acceptors (Lipinski definition) is 3. The Morgan fingerprint density at radius 3 is 2.62 bits per heavy atom. The first-order valence-corrected chi connectivity index (χ1v) is 7.42. The maximum absolute atomic E-state index is 11.8. The molecule has 0 unspecified atom stereocenters. The molecule has 0 aliphatic rings. The highest BCUT2D eigenvalue weighted by atomic mass is 32.1. The lowest BCUT2D eigenvalue weighted by Gasteiger charge is -2.06. The molecule has 0 spiro atoms. The number of para-hydroxylation sites is 1. The van der Waals surface area contributed by atoms with Gasteiger partial charge in [-0.15, -0.1) is 11.3 Å². The Morgan fingerprint density at radius 2 is 1.81 bits per heavy atom. The summed E-state index contributed by atoms with van der Waals surface area (Å²) in [5.41, 5.74) is 2.91. The van der Waals surface area contributed by atoms with Crippen LogP contribution in [0, 0.1) is 6.92 Å². The van der Waals surface area contributed by atoms with Gasteiger partial charge in [-0.05, 0) is 18.6 Å². The smallest absolute Gasteiger partial charge is 0.337 e. The lowest BCUT2D eigenvalue weighted by atomic mass is 10.0. The average Bonchev–Trinajstić information content (AvgIpc) is 2.83. The second-order valence-electron chi connectivity index (χ2n) is 5.04. The zero-order valence-corrected chi connectivity index (χ0v) is 12.1. The standard InChI is InChI=1S/C17H11NO2S/c1-9-5-4-7-11-13(17(19)20)16-15(18-14(9)11)10-6-2-3-8-12(10)21-16/h2-8H,1H3,(H,19,20). The van der Waals surface area contributed by atoms with Crippen molar-refractivity contribution in [3.8, 4) is 0 Å². The molecule has 0 fully saturated rings. The summed E-state index contributed by atoms with van der Waals surface area (Å²) in [5.74, 6) is -0.899. The third-order valence-electron chi connectivity index (χ3n) is 3.74. The van der Waals surface area contributed by atoms with Gasteiger partial charge in [-0.1, -0.05) is 36.4 Å². The van der Waals surface area contributed by atoms with Gasteiger partial charge in [0, 0.05) is 15.5 Å². The van der Waals surface area contributed by atoms with Crippen LogP contribution >= 0.6 is 11.3 Å². The predicted molar refractivity (Wildman–Crippen MR) is 86.3 cm³/mol. The topological polar surface area (TPSA) is 50.2 Å². The zero-order valence-electron chi connectivity index (χ0n) is 11.3. The number of aromatic carboxylic acids is 1. The lowest BCUT2D eigenvalue weighted by Crippen LogP contribution is -2.00. The number of aryl methyl sites for hydroxylation is 1. The number of fused-ring (bicyclic) bond motifs is 4. The summed E-state index contributed by atoms with van der Waals surface area (Å²) in [7, 11) is 0. The van der Waals surface area contributed by atoms with Gasteiger partial charge in [-0.3, -0.25) is 0 Å². The van der Waals surface area contributed by atoms with E-state index in [0.29, 0.717) is 10.9 Å². The summed E-state index contributed by atoms with van der Waals surface area (Å²) in [5, 5.41) is 11.4. The second-order valence-corrected chi connectivity index (χ2v) is 6.09. The molecule has 4 heteroatoms. The maximum atomic E-state index is 11.8. The number of benzene rings is 2. The van der Waals surface area contributed by atoms with Gasteiger partial charge in [0.1, 0.15) is 0 Å². The Kier molecular flexibility index (Phi) is 2.50. The largest absolute Gasteiger partial charge is 0.478 e. The lowest BCUT2D eigenvalue weighted by molar-refractivity contribution is 0.0701. The van der Waals surface area contributed by atoms with E-state index in [2.05, 4.69) is 0 Å². The highest BCUT2D eigenvalue weighted by Crippen LogP contribution is 2.38. The molecular formula is C17H11NO2S. The number of nitrogens with zero attached hydrogens (tertiary/aromatic N) is 1. The molecule has 4 aromatic rings. The molecule has 21 heavy (non-hydrogen) atoms. The predicted octanol–water partition coefficient (Wildman–Crippen LogP) is 4.61. The summed E-state index contributed by atoms with van der Waals surface area (Å²) in [6.07, 6.45) is 0. The SMILES string of the molecule is Cc1cccc2c(C(=O)O)c3sc4ccccc4c3nc12. The number of rotatable bonds is 1. The van der Waals surface area contributed by atoms with E-state index in [9.17, 15) is 9.90 Å². The van der Waals surface area contributed by atoms with Crippen LogP contribution in [-0.4, -0.2) is 16.1 Å². The maximum Gasteiger partial charge on any atom is 0.337 e. The summed E-state index contributed by atoms with van der Waals surface area (Å²) >= 11 is 1.49. The first-order chi connectivity index (χ1) is 10.2. The van der Waals surface area contributed by atoms with Crippen LogP contribution < -0.4 is 0 Å². The first kappa shape index (κ1) is 12.3. The average molecular weight is 293 g/mol. The molecule has 0 atom stereocenters. The van der Waals surface area contributed by atoms with Gasteiger partial charge >= 0.3 is 5.97 Å². The van der Waals surface area contributed by atoms with Crippen molar-refractivity contribution in [1.29, 1.82) is 0 Å². The number of pyridine rings is 1. The molecule has 0 saturated heterocycles. The minimum absolute atomic E-state index is 0.361. The van der Waals surface area contributed by atoms with Gasteiger partial charge in [0.15, 0.2) is 0 Å². The Balaban J connectivity index is 2.36. The Morgan fingerprint density at radius 1 is 1.05 bits per heavy atom. The van der Waals surface area contributed by atoms with Crippen molar-refractivity contribution >= 4 is 48.5 Å². The monoisotopic (exact) mass is 293 g/mol. The van der Waals surface area contributed by atoms with Crippen LogP contribution in [-0.2, 0) is 0 Å². The number of carboxylic acids is 1. The normalized spacial score (nSPS) is 11.5. The van der Waals surface area contributed by atoms with Gasteiger partial charge in [-0.25, -0.2) is 9.78 Å². The molecule has 0 saturated carbocycles. The molecule has 0 aliphatic carbocycles. The van der Waals surface area contributed by atoms with E-state index in [1.54, 1.807) is 0 Å². The minimum atomic E-state index is -0.899. The summed E-state index contributed by atoms with van der Waals surface area (Å²) in [6.45, 7) is 1.96. The van der Waals surface area contributed by atoms with E-state index < -0.39 is 5.97 Å². The van der Waals surface area contributed by atoms with Gasteiger partial charge in [-0.2, -0.15) is 0 Å². The van der Waals surface area contributed by atoms with Gasteiger partial charge in [0.05, 0.1) is 21.3 Å². The molecule has 2 aromatic heterocycles. The first-order valence-electron chi connectivity index (χ1n) is 6.60. The molecule has 2 aromatic carbocycles. The summed E-state index contributed by atoms with van der Waals surface area (Å²) in [4.78, 5) is 16.6. The van der Waals surface area contributed by atoms with Crippen LogP contribution in [0.2, 0.25) is 0 Å². The van der Waals surface area contributed by atoms with Crippen LogP contribution in [0.3, 0.4) is 0 Å². The van der Waals surface area contributed by atoms with E-state index in [-0.39, 0.29) is 0 Å². The van der Waals surface area contributed by atoms with E-state index in [4.69, 9.17) is 4.98 Å². The Bertz CT molecular complexity index is 1030. The highest BCUT2D eigenvalue weighted by Gasteiger charge is 2.19. The molecule has 4 rings (SSSR count). The van der Waals surface area contributed by atoms with Crippen LogP contribution in [0.5, 0.6) is 0 Å². The Labute approximate surface area is 124 Å². The molecule has 0 amide bonds. The Hall–Kier alpha value is -2.46. The number of carboxylic acid groups (broad SMARTS) is 1. The number of aromatic nitrogens is 1. The van der Waals surface area contributed by atoms with Crippen LogP contribution in [0.4, 0.5) is 0 Å². The molecule has 0 bridgehead atoms. The molecule has 2 heterocycles. The fourth-order valence-electron chi connectivity index (χ4n) is 2.77. The molecule has 1 N–H and O–H groups in total. The molecule has 0 radical (unpaired) electrons. The number of hydrogen-bond donors (Lipinski definition) is 1. The van der Waals surface area contributed by atoms with Crippen LogP contribution in [0.25, 0.3) is 31.2 Å². The van der Waals surface area contributed by atoms with Crippen molar-refractivity contribution < 1.29 is 9.90 Å². The van der Waals surface area contributed by atoms with Gasteiger partial charge in [0.2, 0.25) is 0 Å². The van der Waals surface area contributed by atoms with E-state index in [1.807, 2.05) is 49.4 Å². The van der Waals surface area contributed by atoms with Gasteiger partial charge < -0.3 is 5.11 Å². The zero-order chi connectivity index (χ0) is 14.6. The van der Waals surface area contributed by atoms with Crippen molar-refractivity contribution in [2.75, 3.05) is 0 Å². The van der Waals surface area contributed by atoms with Crippen molar-refractivity contribution in [2.45, 2.75) is 6.92 Å². The third-order valence-corrected chi connectivity index (χ3v) is 4.92. The van der Waals surface area contributed by atoms with Crippen molar-refractivity contribution in [3.63, 3.8) is 0 Å². The third kappa shape index (κ3) is 1.66. The molecular weight excluding hydrogens is 282 g/mol. The van der Waals surface area contributed by atoms with Crippen molar-refractivity contribution in [3.05, 3.63) is 53.6 Å².